The van der Waals surface area contributed by atoms with Crippen molar-refractivity contribution in [2.45, 2.75) is 0 Å². The first kappa shape index (κ1) is 26.0. The molecule has 222 valence electrons. The van der Waals surface area contributed by atoms with Crippen LogP contribution in [-0.4, -0.2) is 14.5 Å². The van der Waals surface area contributed by atoms with Crippen LogP contribution in [0.4, 0.5) is 0 Å². The molecule has 7 aromatic carbocycles. The van der Waals surface area contributed by atoms with Crippen molar-refractivity contribution in [3.8, 4) is 50.7 Å². The molecule has 3 nitrogen and oxygen atoms in total. The fourth-order valence-electron chi connectivity index (χ4n) is 7.96. The first-order valence-corrected chi connectivity index (χ1v) is 17.1. The normalized spacial score (nSPS) is 12.2. The molecule has 1 aliphatic carbocycles. The van der Waals surface area contributed by atoms with E-state index in [-0.39, 0.29) is 0 Å². The van der Waals surface area contributed by atoms with Crippen LogP contribution in [0.25, 0.3) is 103 Å². The maximum atomic E-state index is 5.39. The van der Waals surface area contributed by atoms with Crippen LogP contribution in [0.2, 0.25) is 0 Å². The van der Waals surface area contributed by atoms with Gasteiger partial charge in [-0.2, -0.15) is 0 Å². The molecule has 4 heteroatoms. The molecule has 0 fully saturated rings. The topological polar surface area (TPSA) is 30.7 Å². The van der Waals surface area contributed by atoms with E-state index in [4.69, 9.17) is 9.97 Å². The number of benzene rings is 7. The maximum absolute atomic E-state index is 5.39. The van der Waals surface area contributed by atoms with Crippen LogP contribution in [0, 0.1) is 0 Å². The Kier molecular flexibility index (Phi) is 5.26. The summed E-state index contributed by atoms with van der Waals surface area (Å²) in [6.07, 6.45) is 0. The quantitative estimate of drug-likeness (QED) is 0.195. The predicted octanol–water partition coefficient (Wildman–Crippen LogP) is 12.1. The summed E-state index contributed by atoms with van der Waals surface area (Å²) in [5.74, 6) is 0.676. The molecule has 0 radical (unpaired) electrons. The highest BCUT2D eigenvalue weighted by Crippen LogP contribution is 2.54. The predicted molar refractivity (Wildman–Crippen MR) is 202 cm³/mol. The Bertz CT molecular complexity index is 2880. The van der Waals surface area contributed by atoms with Gasteiger partial charge in [0.1, 0.15) is 0 Å². The molecule has 3 heterocycles. The van der Waals surface area contributed by atoms with Crippen molar-refractivity contribution in [3.63, 3.8) is 0 Å². The molecule has 0 unspecified atom stereocenters. The van der Waals surface area contributed by atoms with E-state index in [9.17, 15) is 0 Å². The van der Waals surface area contributed by atoms with Gasteiger partial charge in [0.05, 0.1) is 22.4 Å². The third-order valence-corrected chi connectivity index (χ3v) is 11.2. The maximum Gasteiger partial charge on any atom is 0.235 e. The average Bonchev–Trinajstić information content (AvgIpc) is 3.68. The van der Waals surface area contributed by atoms with Crippen molar-refractivity contribution in [2.24, 2.45) is 0 Å². The van der Waals surface area contributed by atoms with E-state index in [0.717, 1.165) is 28.0 Å². The van der Waals surface area contributed by atoms with Gasteiger partial charge in [0.15, 0.2) is 0 Å². The largest absolute Gasteiger partial charge is 0.277 e. The lowest BCUT2D eigenvalue weighted by atomic mass is 9.93. The molecule has 0 saturated carbocycles. The first-order valence-electron chi connectivity index (χ1n) is 16.3. The number of rotatable bonds is 3. The lowest BCUT2D eigenvalue weighted by Gasteiger charge is -2.15. The van der Waals surface area contributed by atoms with Crippen molar-refractivity contribution in [1.29, 1.82) is 0 Å². The van der Waals surface area contributed by atoms with Crippen LogP contribution in [0.5, 0.6) is 0 Å². The van der Waals surface area contributed by atoms with Gasteiger partial charge in [0.2, 0.25) is 5.95 Å². The van der Waals surface area contributed by atoms with Gasteiger partial charge in [-0.15, -0.1) is 11.3 Å². The summed E-state index contributed by atoms with van der Waals surface area (Å²) in [4.78, 5) is 10.8. The number of thiophene rings is 1. The van der Waals surface area contributed by atoms with Gasteiger partial charge in [0, 0.05) is 52.8 Å². The van der Waals surface area contributed by atoms with E-state index >= 15 is 0 Å². The molecule has 10 aromatic rings. The zero-order valence-corrected chi connectivity index (χ0v) is 26.5. The fourth-order valence-corrected chi connectivity index (χ4v) is 9.19. The number of hydrogen-bond acceptors (Lipinski definition) is 3. The zero-order chi connectivity index (χ0) is 31.3. The minimum Gasteiger partial charge on any atom is -0.277 e. The zero-order valence-electron chi connectivity index (χ0n) is 25.7. The van der Waals surface area contributed by atoms with Gasteiger partial charge in [-0.05, 0) is 40.5 Å². The van der Waals surface area contributed by atoms with E-state index in [2.05, 4.69) is 156 Å². The molecule has 0 bridgehead atoms. The second kappa shape index (κ2) is 9.71. The Labute approximate surface area is 280 Å². The molecule has 3 aromatic heterocycles. The van der Waals surface area contributed by atoms with E-state index in [1.807, 2.05) is 11.3 Å². The number of hydrogen-bond donors (Lipinski definition) is 0. The molecular formula is C44H25N3S. The molecule has 0 atom stereocenters. The standard InChI is InChI=1S/C44H25N3S/c1-3-13-26(14-4-1)34-25-35(27-15-5-2-6-16-27)46-44(45-34)47-36-23-12-21-31-29-18-8-7-17-28(29)30-20-11-22-33-38(30)41(39(31)36)42(47)40-32-19-9-10-24-37(32)48-43(33)40/h1-25H. The summed E-state index contributed by atoms with van der Waals surface area (Å²) < 4.78 is 4.94. The molecule has 11 rings (SSSR count). The molecule has 0 amide bonds. The minimum atomic E-state index is 0.676. The van der Waals surface area contributed by atoms with Gasteiger partial charge >= 0.3 is 0 Å². The highest BCUT2D eigenvalue weighted by Gasteiger charge is 2.29. The van der Waals surface area contributed by atoms with Crippen molar-refractivity contribution in [2.75, 3.05) is 0 Å². The Morgan fingerprint density at radius 2 is 1.00 bits per heavy atom. The lowest BCUT2D eigenvalue weighted by molar-refractivity contribution is 0.998. The smallest absolute Gasteiger partial charge is 0.235 e. The average molecular weight is 628 g/mol. The summed E-state index contributed by atoms with van der Waals surface area (Å²) in [5.41, 5.74) is 11.2. The fraction of sp³-hybridized carbons (Fsp3) is 0. The third kappa shape index (κ3) is 3.47. The Balaban J connectivity index is 1.41. The van der Waals surface area contributed by atoms with Crippen molar-refractivity contribution < 1.29 is 0 Å². The third-order valence-electron chi connectivity index (χ3n) is 9.95. The van der Waals surface area contributed by atoms with Gasteiger partial charge in [-0.3, -0.25) is 4.57 Å². The van der Waals surface area contributed by atoms with Gasteiger partial charge < -0.3 is 0 Å². The van der Waals surface area contributed by atoms with Crippen LogP contribution in [0.15, 0.2) is 152 Å². The van der Waals surface area contributed by atoms with Crippen molar-refractivity contribution in [1.82, 2.24) is 14.5 Å². The van der Waals surface area contributed by atoms with Gasteiger partial charge in [-0.1, -0.05) is 133 Å². The highest BCUT2D eigenvalue weighted by atomic mass is 32.1. The Morgan fingerprint density at radius 1 is 0.438 bits per heavy atom. The SMILES string of the molecule is c1ccc(-c2cc(-c3ccccc3)nc(-n3c4cccc5c4c4c6c(cccc6c6sc7ccccc7c6c43)-c3ccccc3-5)n2)cc1. The Morgan fingerprint density at radius 3 is 1.71 bits per heavy atom. The lowest BCUT2D eigenvalue weighted by Crippen LogP contribution is -2.04. The van der Waals surface area contributed by atoms with E-state index < -0.39 is 0 Å². The second-order valence-electron chi connectivity index (χ2n) is 12.5. The summed E-state index contributed by atoms with van der Waals surface area (Å²) in [6.45, 7) is 0. The van der Waals surface area contributed by atoms with Crippen LogP contribution in [-0.2, 0) is 0 Å². The van der Waals surface area contributed by atoms with E-state index in [1.54, 1.807) is 0 Å². The molecule has 0 N–H and O–H groups in total. The molecule has 0 saturated heterocycles. The van der Waals surface area contributed by atoms with Crippen LogP contribution >= 0.6 is 11.3 Å². The van der Waals surface area contributed by atoms with Crippen molar-refractivity contribution in [3.05, 3.63) is 152 Å². The van der Waals surface area contributed by atoms with Crippen molar-refractivity contribution >= 4 is 64.1 Å². The first-order chi connectivity index (χ1) is 23.8. The summed E-state index contributed by atoms with van der Waals surface area (Å²) in [6, 6.07) is 54.3. The molecule has 48 heavy (non-hydrogen) atoms. The van der Waals surface area contributed by atoms with E-state index in [0.29, 0.717) is 5.95 Å². The van der Waals surface area contributed by atoms with Crippen LogP contribution in [0.1, 0.15) is 0 Å². The van der Waals surface area contributed by atoms with E-state index in [1.165, 1.54) is 69.5 Å². The Hall–Kier alpha value is -6.10. The summed E-state index contributed by atoms with van der Waals surface area (Å²) in [5, 5.41) is 7.65. The summed E-state index contributed by atoms with van der Waals surface area (Å²) >= 11 is 1.88. The molecule has 0 aliphatic heterocycles. The number of fused-ring (bicyclic) bond motifs is 8. The number of nitrogens with zero attached hydrogens (tertiary/aromatic N) is 3. The monoisotopic (exact) mass is 627 g/mol. The summed E-state index contributed by atoms with van der Waals surface area (Å²) in [7, 11) is 0. The highest BCUT2D eigenvalue weighted by molar-refractivity contribution is 7.27. The van der Waals surface area contributed by atoms with Gasteiger partial charge in [0.25, 0.3) is 0 Å². The molecule has 1 aliphatic rings. The minimum absolute atomic E-state index is 0.676. The van der Waals surface area contributed by atoms with Crippen LogP contribution in [0.3, 0.4) is 0 Å². The van der Waals surface area contributed by atoms with Gasteiger partial charge in [-0.25, -0.2) is 9.97 Å². The number of aromatic nitrogens is 3. The molecule has 0 spiro atoms. The second-order valence-corrected chi connectivity index (χ2v) is 13.6. The van der Waals surface area contributed by atoms with Crippen LogP contribution < -0.4 is 0 Å². The molecular weight excluding hydrogens is 603 g/mol.